The molecule has 0 saturated heterocycles. The van der Waals surface area contributed by atoms with E-state index in [0.29, 0.717) is 13.0 Å². The van der Waals surface area contributed by atoms with E-state index >= 15 is 0 Å². The lowest BCUT2D eigenvalue weighted by Gasteiger charge is -2.19. The van der Waals surface area contributed by atoms with Gasteiger partial charge in [0.05, 0.1) is 7.11 Å². The number of amides is 1. The SMILES string of the molecule is COc1ccc([C@H](CNC(=O)CCCn2cccc2)c2c[nH]c3ccccc23)cc1. The van der Waals surface area contributed by atoms with Gasteiger partial charge in [0.1, 0.15) is 5.75 Å². The summed E-state index contributed by atoms with van der Waals surface area (Å²) in [7, 11) is 1.67. The van der Waals surface area contributed by atoms with Crippen LogP contribution in [-0.4, -0.2) is 29.1 Å². The molecule has 0 radical (unpaired) electrons. The zero-order valence-corrected chi connectivity index (χ0v) is 17.2. The number of fused-ring (bicyclic) bond motifs is 1. The number of aromatic nitrogens is 2. The molecule has 2 aromatic heterocycles. The van der Waals surface area contributed by atoms with Crippen LogP contribution >= 0.6 is 0 Å². The van der Waals surface area contributed by atoms with Crippen LogP contribution in [0.5, 0.6) is 5.75 Å². The van der Waals surface area contributed by atoms with E-state index in [0.717, 1.165) is 29.8 Å². The highest BCUT2D eigenvalue weighted by Gasteiger charge is 2.19. The molecule has 0 unspecified atom stereocenters. The smallest absolute Gasteiger partial charge is 0.220 e. The van der Waals surface area contributed by atoms with Crippen molar-refractivity contribution >= 4 is 16.8 Å². The molecule has 4 rings (SSSR count). The Balaban J connectivity index is 1.48. The Hall–Kier alpha value is -3.47. The minimum atomic E-state index is 0.0560. The van der Waals surface area contributed by atoms with Crippen molar-refractivity contribution in [2.75, 3.05) is 13.7 Å². The summed E-state index contributed by atoms with van der Waals surface area (Å²) in [6.45, 7) is 1.40. The van der Waals surface area contributed by atoms with E-state index in [1.807, 2.05) is 48.8 Å². The van der Waals surface area contributed by atoms with Crippen molar-refractivity contribution in [1.29, 1.82) is 0 Å². The topological polar surface area (TPSA) is 59.0 Å². The summed E-state index contributed by atoms with van der Waals surface area (Å²) < 4.78 is 7.40. The summed E-state index contributed by atoms with van der Waals surface area (Å²) in [6, 6.07) is 20.4. The predicted molar refractivity (Wildman–Crippen MR) is 120 cm³/mol. The molecule has 0 aliphatic heterocycles. The number of hydrogen-bond acceptors (Lipinski definition) is 2. The van der Waals surface area contributed by atoms with Crippen LogP contribution in [0.2, 0.25) is 0 Å². The number of carbonyl (C=O) groups is 1. The average Bonchev–Trinajstić information content (AvgIpc) is 3.45. The molecule has 154 valence electrons. The highest BCUT2D eigenvalue weighted by Crippen LogP contribution is 2.31. The molecule has 0 aliphatic rings. The van der Waals surface area contributed by atoms with E-state index in [-0.39, 0.29) is 11.8 Å². The Labute approximate surface area is 176 Å². The average molecular weight is 402 g/mol. The number of methoxy groups -OCH3 is 1. The third kappa shape index (κ3) is 4.57. The van der Waals surface area contributed by atoms with Crippen molar-refractivity contribution in [1.82, 2.24) is 14.9 Å². The number of aryl methyl sites for hydroxylation is 1. The second-order valence-corrected chi connectivity index (χ2v) is 7.44. The van der Waals surface area contributed by atoms with Crippen molar-refractivity contribution in [2.24, 2.45) is 0 Å². The number of para-hydroxylation sites is 1. The number of hydrogen-bond donors (Lipinski definition) is 2. The number of nitrogens with one attached hydrogen (secondary N) is 2. The van der Waals surface area contributed by atoms with Crippen LogP contribution in [0.4, 0.5) is 0 Å². The van der Waals surface area contributed by atoms with Gasteiger partial charge in [-0.1, -0.05) is 30.3 Å². The maximum atomic E-state index is 12.5. The van der Waals surface area contributed by atoms with Gasteiger partial charge >= 0.3 is 0 Å². The lowest BCUT2D eigenvalue weighted by atomic mass is 9.90. The summed E-state index contributed by atoms with van der Waals surface area (Å²) in [5.41, 5.74) is 3.43. The molecule has 0 fully saturated rings. The first-order chi connectivity index (χ1) is 14.7. The van der Waals surface area contributed by atoms with Gasteiger partial charge in [-0.3, -0.25) is 4.79 Å². The Kier molecular flexibility index (Phi) is 6.18. The highest BCUT2D eigenvalue weighted by molar-refractivity contribution is 5.84. The molecular weight excluding hydrogens is 374 g/mol. The van der Waals surface area contributed by atoms with Crippen molar-refractivity contribution in [2.45, 2.75) is 25.3 Å². The third-order valence-electron chi connectivity index (χ3n) is 5.50. The third-order valence-corrected chi connectivity index (χ3v) is 5.50. The van der Waals surface area contributed by atoms with E-state index in [9.17, 15) is 4.79 Å². The summed E-state index contributed by atoms with van der Waals surface area (Å²) in [5, 5.41) is 4.33. The number of ether oxygens (including phenoxy) is 1. The van der Waals surface area contributed by atoms with E-state index in [2.05, 4.69) is 45.3 Å². The van der Waals surface area contributed by atoms with E-state index in [1.165, 1.54) is 10.9 Å². The van der Waals surface area contributed by atoms with Gasteiger partial charge in [0.25, 0.3) is 0 Å². The van der Waals surface area contributed by atoms with Crippen molar-refractivity contribution < 1.29 is 9.53 Å². The van der Waals surface area contributed by atoms with Crippen LogP contribution in [0.25, 0.3) is 10.9 Å². The van der Waals surface area contributed by atoms with E-state index in [1.54, 1.807) is 7.11 Å². The lowest BCUT2D eigenvalue weighted by Crippen LogP contribution is -2.28. The second-order valence-electron chi connectivity index (χ2n) is 7.44. The predicted octanol–water partition coefficient (Wildman–Crippen LogP) is 4.71. The van der Waals surface area contributed by atoms with Crippen LogP contribution < -0.4 is 10.1 Å². The fraction of sp³-hybridized carbons (Fsp3) is 0.240. The Morgan fingerprint density at radius 2 is 1.83 bits per heavy atom. The number of aromatic amines is 1. The molecule has 0 aliphatic carbocycles. The monoisotopic (exact) mass is 401 g/mol. The Morgan fingerprint density at radius 3 is 2.60 bits per heavy atom. The van der Waals surface area contributed by atoms with Gasteiger partial charge in [-0.15, -0.1) is 0 Å². The highest BCUT2D eigenvalue weighted by atomic mass is 16.5. The molecule has 4 aromatic rings. The molecule has 5 heteroatoms. The number of nitrogens with zero attached hydrogens (tertiary/aromatic N) is 1. The van der Waals surface area contributed by atoms with Gasteiger partial charge in [-0.05, 0) is 47.9 Å². The molecule has 1 amide bonds. The van der Waals surface area contributed by atoms with Crippen molar-refractivity contribution in [3.05, 3.63) is 90.4 Å². The van der Waals surface area contributed by atoms with Crippen molar-refractivity contribution in [3.63, 3.8) is 0 Å². The number of H-pyrrole nitrogens is 1. The van der Waals surface area contributed by atoms with Gasteiger partial charge in [0, 0.05) is 54.9 Å². The van der Waals surface area contributed by atoms with Gasteiger partial charge in [0.2, 0.25) is 5.91 Å². The van der Waals surface area contributed by atoms with Gasteiger partial charge in [0.15, 0.2) is 0 Å². The molecule has 0 bridgehead atoms. The first kappa shape index (κ1) is 19.8. The minimum absolute atomic E-state index is 0.0560. The molecular formula is C25H27N3O2. The van der Waals surface area contributed by atoms with Crippen LogP contribution in [0.1, 0.15) is 29.9 Å². The van der Waals surface area contributed by atoms with Crippen LogP contribution in [0.15, 0.2) is 79.3 Å². The first-order valence-corrected chi connectivity index (χ1v) is 10.3. The minimum Gasteiger partial charge on any atom is -0.497 e. The zero-order chi connectivity index (χ0) is 20.8. The molecule has 0 saturated carbocycles. The molecule has 1 atom stereocenters. The summed E-state index contributed by atoms with van der Waals surface area (Å²) in [6.07, 6.45) is 7.43. The standard InChI is InChI=1S/C25H27N3O2/c1-30-20-12-10-19(11-13-20)22(23-18-26-24-8-3-2-7-21(23)24)17-27-25(29)9-6-16-28-14-4-5-15-28/h2-5,7-8,10-15,18,22,26H,6,9,16-17H2,1H3,(H,27,29)/t22-/m0/s1. The lowest BCUT2D eigenvalue weighted by molar-refractivity contribution is -0.121. The maximum Gasteiger partial charge on any atom is 0.220 e. The quantitative estimate of drug-likeness (QED) is 0.427. The van der Waals surface area contributed by atoms with Crippen molar-refractivity contribution in [3.8, 4) is 5.75 Å². The largest absolute Gasteiger partial charge is 0.497 e. The van der Waals surface area contributed by atoms with Gasteiger partial charge in [-0.2, -0.15) is 0 Å². The van der Waals surface area contributed by atoms with Gasteiger partial charge < -0.3 is 19.6 Å². The Morgan fingerprint density at radius 1 is 1.07 bits per heavy atom. The molecule has 5 nitrogen and oxygen atoms in total. The van der Waals surface area contributed by atoms with Gasteiger partial charge in [-0.25, -0.2) is 0 Å². The molecule has 2 aromatic carbocycles. The molecule has 0 spiro atoms. The zero-order valence-electron chi connectivity index (χ0n) is 17.2. The summed E-state index contributed by atoms with van der Waals surface area (Å²) in [4.78, 5) is 15.9. The summed E-state index contributed by atoms with van der Waals surface area (Å²) >= 11 is 0. The normalized spacial score (nSPS) is 12.0. The van der Waals surface area contributed by atoms with E-state index < -0.39 is 0 Å². The number of benzene rings is 2. The first-order valence-electron chi connectivity index (χ1n) is 10.3. The van der Waals surface area contributed by atoms with Crippen LogP contribution in [0.3, 0.4) is 0 Å². The molecule has 2 N–H and O–H groups in total. The molecule has 30 heavy (non-hydrogen) atoms. The van der Waals surface area contributed by atoms with Crippen LogP contribution in [-0.2, 0) is 11.3 Å². The molecule has 2 heterocycles. The summed E-state index contributed by atoms with van der Waals surface area (Å²) in [5.74, 6) is 0.964. The fourth-order valence-electron chi connectivity index (χ4n) is 3.87. The van der Waals surface area contributed by atoms with Crippen LogP contribution in [0, 0.1) is 0 Å². The maximum absolute atomic E-state index is 12.5. The number of carbonyl (C=O) groups excluding carboxylic acids is 1. The fourth-order valence-corrected chi connectivity index (χ4v) is 3.87. The number of rotatable bonds is 9. The second kappa shape index (κ2) is 9.35. The van der Waals surface area contributed by atoms with E-state index in [4.69, 9.17) is 4.74 Å². The Bertz CT molecular complexity index is 1080.